The molecule has 0 saturated heterocycles. The molecule has 0 saturated carbocycles. The van der Waals surface area contributed by atoms with E-state index in [1.807, 2.05) is 30.3 Å². The summed E-state index contributed by atoms with van der Waals surface area (Å²) in [6.07, 6.45) is -0.681. The van der Waals surface area contributed by atoms with Crippen LogP contribution in [0.2, 0.25) is 0 Å². The monoisotopic (exact) mass is 405 g/mol. The smallest absolute Gasteiger partial charge is 0.305 e. The minimum Gasteiger partial charge on any atom is -0.481 e. The fourth-order valence-corrected chi connectivity index (χ4v) is 2.74. The molecule has 2 aromatic rings. The number of carboxylic acid groups (broad SMARTS) is 1. The number of Topliss-reactive ketones (excluding diaryl/α,β-unsaturated/α-hetero) is 1. The van der Waals surface area contributed by atoms with E-state index in [2.05, 4.69) is 5.32 Å². The lowest BCUT2D eigenvalue weighted by Crippen LogP contribution is -2.65. The fraction of sp³-hybridized carbons (Fsp3) is 0.250. The largest absolute Gasteiger partial charge is 0.481 e. The normalized spacial score (nSPS) is 13.5. The van der Waals surface area contributed by atoms with Crippen LogP contribution in [-0.2, 0) is 27.3 Å². The number of nitrogens with one attached hydrogen (secondary N) is 1. The Morgan fingerprint density at radius 2 is 1.46 bits per heavy atom. The quantitative estimate of drug-likeness (QED) is 0.460. The van der Waals surface area contributed by atoms with Gasteiger partial charge in [0, 0.05) is 13.0 Å². The first-order valence-corrected chi connectivity index (χ1v) is 8.49. The van der Waals surface area contributed by atoms with Gasteiger partial charge in [-0.3, -0.25) is 14.4 Å². The van der Waals surface area contributed by atoms with Gasteiger partial charge < -0.3 is 21.9 Å². The maximum Gasteiger partial charge on any atom is 0.305 e. The molecule has 0 aliphatic rings. The van der Waals surface area contributed by atoms with E-state index in [0.717, 1.165) is 5.56 Å². The van der Waals surface area contributed by atoms with Gasteiger partial charge in [-0.05, 0) is 11.1 Å². The van der Waals surface area contributed by atoms with Crippen LogP contribution in [-0.4, -0.2) is 34.3 Å². The Kier molecular flexibility index (Phi) is 8.78. The number of hydrogen-bond acceptors (Lipinski definition) is 5. The molecule has 6 N–H and O–H groups in total. The minimum absolute atomic E-state index is 0. The van der Waals surface area contributed by atoms with E-state index in [9.17, 15) is 14.4 Å². The second kappa shape index (κ2) is 10.6. The highest BCUT2D eigenvalue weighted by Gasteiger charge is 2.44. The van der Waals surface area contributed by atoms with E-state index in [1.54, 1.807) is 30.3 Å². The fourth-order valence-electron chi connectivity index (χ4n) is 2.74. The highest BCUT2D eigenvalue weighted by molar-refractivity contribution is 6.13. The average Bonchev–Trinajstić information content (AvgIpc) is 2.66. The van der Waals surface area contributed by atoms with Gasteiger partial charge in [0.05, 0.1) is 12.5 Å². The zero-order valence-corrected chi connectivity index (χ0v) is 16.0. The van der Waals surface area contributed by atoms with Crippen LogP contribution in [0.5, 0.6) is 0 Å². The summed E-state index contributed by atoms with van der Waals surface area (Å²) in [5.74, 6) is -2.73. The SMILES string of the molecule is Cl.N[C@@H](CC(=O)O)C(=O)[C@](N)(Cc1ccccc1)C(=O)NCc1ccccc1. The summed E-state index contributed by atoms with van der Waals surface area (Å²) in [7, 11) is 0. The highest BCUT2D eigenvalue weighted by atomic mass is 35.5. The Balaban J connectivity index is 0.00000392. The topological polar surface area (TPSA) is 136 Å². The van der Waals surface area contributed by atoms with E-state index in [0.29, 0.717) is 5.56 Å². The number of nitrogens with two attached hydrogens (primary N) is 2. The van der Waals surface area contributed by atoms with Crippen molar-refractivity contribution in [1.29, 1.82) is 0 Å². The van der Waals surface area contributed by atoms with Crippen molar-refractivity contribution < 1.29 is 19.5 Å². The predicted molar refractivity (Wildman–Crippen MR) is 108 cm³/mol. The van der Waals surface area contributed by atoms with Gasteiger partial charge in [-0.15, -0.1) is 12.4 Å². The molecule has 0 aliphatic carbocycles. The molecule has 0 unspecified atom stereocenters. The Morgan fingerprint density at radius 1 is 0.964 bits per heavy atom. The Bertz CT molecular complexity index is 802. The molecule has 0 spiro atoms. The summed E-state index contributed by atoms with van der Waals surface area (Å²) in [5.41, 5.74) is 11.5. The first kappa shape index (κ1) is 23.3. The summed E-state index contributed by atoms with van der Waals surface area (Å²) in [4.78, 5) is 36.5. The van der Waals surface area contributed by atoms with Crippen molar-refractivity contribution in [2.45, 2.75) is 31.0 Å². The average molecular weight is 406 g/mol. The van der Waals surface area contributed by atoms with E-state index >= 15 is 0 Å². The van der Waals surface area contributed by atoms with E-state index in [1.165, 1.54) is 0 Å². The van der Waals surface area contributed by atoms with Crippen LogP contribution in [0.25, 0.3) is 0 Å². The van der Waals surface area contributed by atoms with Crippen molar-refractivity contribution >= 4 is 30.1 Å². The first-order chi connectivity index (χ1) is 12.8. The summed E-state index contributed by atoms with van der Waals surface area (Å²) in [6.45, 7) is 0.189. The van der Waals surface area contributed by atoms with E-state index in [4.69, 9.17) is 16.6 Å². The molecule has 150 valence electrons. The minimum atomic E-state index is -1.97. The lowest BCUT2D eigenvalue weighted by atomic mass is 9.82. The van der Waals surface area contributed by atoms with Gasteiger partial charge in [0.15, 0.2) is 11.3 Å². The van der Waals surface area contributed by atoms with Crippen LogP contribution in [0.15, 0.2) is 60.7 Å². The van der Waals surface area contributed by atoms with Gasteiger partial charge in [-0.25, -0.2) is 0 Å². The molecule has 0 fully saturated rings. The molecular weight excluding hydrogens is 382 g/mol. The molecule has 0 aromatic heterocycles. The summed E-state index contributed by atoms with van der Waals surface area (Å²) < 4.78 is 0. The number of benzene rings is 2. The molecule has 2 rings (SSSR count). The number of carboxylic acids is 1. The Hall–Kier alpha value is -2.74. The van der Waals surface area contributed by atoms with Crippen LogP contribution in [0.3, 0.4) is 0 Å². The van der Waals surface area contributed by atoms with Gasteiger partial charge in [0.1, 0.15) is 0 Å². The Morgan fingerprint density at radius 3 is 1.96 bits per heavy atom. The summed E-state index contributed by atoms with van der Waals surface area (Å²) in [6, 6.07) is 16.6. The van der Waals surface area contributed by atoms with Gasteiger partial charge in [0.2, 0.25) is 5.91 Å². The number of hydrogen-bond donors (Lipinski definition) is 4. The molecule has 0 heterocycles. The predicted octanol–water partition coefficient (Wildman–Crippen LogP) is 1.04. The van der Waals surface area contributed by atoms with Crippen molar-refractivity contribution in [2.75, 3.05) is 0 Å². The van der Waals surface area contributed by atoms with Crippen molar-refractivity contribution in [2.24, 2.45) is 11.5 Å². The molecule has 2 atom stereocenters. The second-order valence-electron chi connectivity index (χ2n) is 6.37. The molecule has 28 heavy (non-hydrogen) atoms. The van der Waals surface area contributed by atoms with Crippen molar-refractivity contribution in [3.05, 3.63) is 71.8 Å². The van der Waals surface area contributed by atoms with Crippen molar-refractivity contribution in [1.82, 2.24) is 5.32 Å². The molecule has 0 aliphatic heterocycles. The van der Waals surface area contributed by atoms with Crippen LogP contribution in [0.4, 0.5) is 0 Å². The summed E-state index contributed by atoms with van der Waals surface area (Å²) in [5, 5.41) is 11.6. The third-order valence-corrected chi connectivity index (χ3v) is 4.20. The standard InChI is InChI=1S/C20H23N3O4.ClH/c21-16(11-17(24)25)18(26)20(22,12-14-7-3-1-4-8-14)19(27)23-13-15-9-5-2-6-10-15;/h1-10,16H,11-13,21-22H2,(H,23,27)(H,24,25);1H/t16-,20+;/m0./s1. The first-order valence-electron chi connectivity index (χ1n) is 8.49. The third-order valence-electron chi connectivity index (χ3n) is 4.20. The van der Waals surface area contributed by atoms with Crippen LogP contribution < -0.4 is 16.8 Å². The molecule has 8 heteroatoms. The van der Waals surface area contributed by atoms with Gasteiger partial charge in [-0.2, -0.15) is 0 Å². The number of amides is 1. The van der Waals surface area contributed by atoms with Gasteiger partial charge >= 0.3 is 5.97 Å². The number of aliphatic carboxylic acids is 1. The number of halogens is 1. The maximum absolute atomic E-state index is 12.8. The molecular formula is C20H24ClN3O4. The lowest BCUT2D eigenvalue weighted by molar-refractivity contribution is -0.142. The van der Waals surface area contributed by atoms with Crippen LogP contribution in [0.1, 0.15) is 17.5 Å². The zero-order chi connectivity index (χ0) is 19.9. The van der Waals surface area contributed by atoms with E-state index in [-0.39, 0.29) is 25.4 Å². The van der Waals surface area contributed by atoms with Crippen LogP contribution in [0, 0.1) is 0 Å². The van der Waals surface area contributed by atoms with Gasteiger partial charge in [0.25, 0.3) is 0 Å². The molecule has 7 nitrogen and oxygen atoms in total. The third kappa shape index (κ3) is 6.16. The number of rotatable bonds is 9. The van der Waals surface area contributed by atoms with E-state index < -0.39 is 35.7 Å². The second-order valence-corrected chi connectivity index (χ2v) is 6.37. The Labute approximate surface area is 169 Å². The van der Waals surface area contributed by atoms with Crippen LogP contribution >= 0.6 is 12.4 Å². The summed E-state index contributed by atoms with van der Waals surface area (Å²) >= 11 is 0. The number of carbonyl (C=O) groups excluding carboxylic acids is 2. The molecule has 2 aromatic carbocycles. The number of ketones is 1. The lowest BCUT2D eigenvalue weighted by Gasteiger charge is -2.29. The molecule has 1 amide bonds. The maximum atomic E-state index is 12.8. The molecule has 0 bridgehead atoms. The van der Waals surface area contributed by atoms with Gasteiger partial charge in [-0.1, -0.05) is 60.7 Å². The molecule has 0 radical (unpaired) electrons. The highest BCUT2D eigenvalue weighted by Crippen LogP contribution is 2.16. The van der Waals surface area contributed by atoms with Crippen molar-refractivity contribution in [3.63, 3.8) is 0 Å². The zero-order valence-electron chi connectivity index (χ0n) is 15.2. The number of carbonyl (C=O) groups is 3. The van der Waals surface area contributed by atoms with Crippen molar-refractivity contribution in [3.8, 4) is 0 Å².